The molecule has 1 aromatic heterocycles. The number of hydrogen-bond acceptors (Lipinski definition) is 4. The van der Waals surface area contributed by atoms with E-state index in [0.717, 1.165) is 61.9 Å². The lowest BCUT2D eigenvalue weighted by atomic mass is 10.0. The second kappa shape index (κ2) is 7.53. The molecule has 0 bridgehead atoms. The molecule has 0 radical (unpaired) electrons. The quantitative estimate of drug-likeness (QED) is 0.808. The van der Waals surface area contributed by atoms with Crippen LogP contribution in [-0.4, -0.2) is 47.0 Å². The standard InChI is InChI=1S/C23H30N4O/c1-15(2)20-17(4)24-21(18-7-5-16(3)6-8-18)25-22(20)26-11-13-27(14-12-26)23(28)19-9-10-19/h5-8,15,19H,9-14H2,1-4H3. The van der Waals surface area contributed by atoms with Gasteiger partial charge in [-0.05, 0) is 32.6 Å². The van der Waals surface area contributed by atoms with Gasteiger partial charge < -0.3 is 9.80 Å². The Hall–Kier alpha value is -2.43. The lowest BCUT2D eigenvalue weighted by Gasteiger charge is -2.37. The summed E-state index contributed by atoms with van der Waals surface area (Å²) >= 11 is 0. The van der Waals surface area contributed by atoms with Crippen molar-refractivity contribution >= 4 is 11.7 Å². The fraction of sp³-hybridized carbons (Fsp3) is 0.522. The number of anilines is 1. The number of nitrogens with zero attached hydrogens (tertiary/aromatic N) is 4. The first kappa shape index (κ1) is 18.9. The van der Waals surface area contributed by atoms with Crippen molar-refractivity contribution in [3.05, 3.63) is 41.1 Å². The van der Waals surface area contributed by atoms with Crippen LogP contribution in [0.5, 0.6) is 0 Å². The van der Waals surface area contributed by atoms with Crippen LogP contribution in [0.2, 0.25) is 0 Å². The van der Waals surface area contributed by atoms with Gasteiger partial charge in [-0.2, -0.15) is 0 Å². The maximum Gasteiger partial charge on any atom is 0.225 e. The number of amides is 1. The molecule has 5 heteroatoms. The highest BCUT2D eigenvalue weighted by Crippen LogP contribution is 2.33. The zero-order chi connectivity index (χ0) is 19.8. The lowest BCUT2D eigenvalue weighted by molar-refractivity contribution is -0.132. The van der Waals surface area contributed by atoms with E-state index in [9.17, 15) is 4.79 Å². The van der Waals surface area contributed by atoms with Crippen LogP contribution in [0.25, 0.3) is 11.4 Å². The van der Waals surface area contributed by atoms with Gasteiger partial charge in [0, 0.05) is 48.9 Å². The van der Waals surface area contributed by atoms with Gasteiger partial charge in [0.2, 0.25) is 5.91 Å². The van der Waals surface area contributed by atoms with E-state index in [4.69, 9.17) is 9.97 Å². The monoisotopic (exact) mass is 378 g/mol. The minimum atomic E-state index is 0.298. The second-order valence-electron chi connectivity index (χ2n) is 8.48. The molecule has 2 fully saturated rings. The fourth-order valence-corrected chi connectivity index (χ4v) is 4.04. The first-order chi connectivity index (χ1) is 13.4. The predicted molar refractivity (Wildman–Crippen MR) is 113 cm³/mol. The van der Waals surface area contributed by atoms with E-state index >= 15 is 0 Å². The number of piperazine rings is 1. The van der Waals surface area contributed by atoms with E-state index in [-0.39, 0.29) is 0 Å². The number of benzene rings is 1. The molecule has 2 heterocycles. The van der Waals surface area contributed by atoms with Crippen molar-refractivity contribution in [2.75, 3.05) is 31.1 Å². The molecule has 1 aliphatic heterocycles. The Bertz CT molecular complexity index is 863. The van der Waals surface area contributed by atoms with Crippen molar-refractivity contribution < 1.29 is 4.79 Å². The molecule has 0 atom stereocenters. The summed E-state index contributed by atoms with van der Waals surface area (Å²) in [6, 6.07) is 8.39. The third kappa shape index (κ3) is 3.75. The van der Waals surface area contributed by atoms with Crippen LogP contribution in [0.15, 0.2) is 24.3 Å². The van der Waals surface area contributed by atoms with E-state index in [0.29, 0.717) is 17.7 Å². The largest absolute Gasteiger partial charge is 0.353 e. The SMILES string of the molecule is Cc1ccc(-c2nc(C)c(C(C)C)c(N3CCN(C(=O)C4CC4)CC3)n2)cc1. The average molecular weight is 379 g/mol. The Morgan fingerprint density at radius 1 is 1.00 bits per heavy atom. The molecule has 5 nitrogen and oxygen atoms in total. The van der Waals surface area contributed by atoms with Crippen LogP contribution in [0.1, 0.15) is 49.4 Å². The Balaban J connectivity index is 1.63. The molecule has 2 aliphatic rings. The highest BCUT2D eigenvalue weighted by Gasteiger charge is 2.35. The van der Waals surface area contributed by atoms with Crippen LogP contribution >= 0.6 is 0 Å². The molecule has 4 rings (SSSR count). The van der Waals surface area contributed by atoms with Gasteiger partial charge in [0.1, 0.15) is 5.82 Å². The van der Waals surface area contributed by atoms with Gasteiger partial charge in [0.25, 0.3) is 0 Å². The zero-order valence-electron chi connectivity index (χ0n) is 17.4. The van der Waals surface area contributed by atoms with Crippen molar-refractivity contribution in [1.82, 2.24) is 14.9 Å². The highest BCUT2D eigenvalue weighted by atomic mass is 16.2. The maximum absolute atomic E-state index is 12.4. The van der Waals surface area contributed by atoms with Crippen molar-refractivity contribution in [3.63, 3.8) is 0 Å². The molecule has 1 saturated carbocycles. The molecule has 2 aromatic rings. The fourth-order valence-electron chi connectivity index (χ4n) is 4.04. The molecule has 1 aromatic carbocycles. The summed E-state index contributed by atoms with van der Waals surface area (Å²) in [6.45, 7) is 11.8. The molecule has 1 aliphatic carbocycles. The molecule has 148 valence electrons. The molecule has 0 spiro atoms. The molecule has 0 N–H and O–H groups in total. The molecular formula is C23H30N4O. The third-order valence-electron chi connectivity index (χ3n) is 5.82. The van der Waals surface area contributed by atoms with Crippen LogP contribution in [0, 0.1) is 19.8 Å². The van der Waals surface area contributed by atoms with E-state index in [1.165, 1.54) is 11.1 Å². The Morgan fingerprint density at radius 3 is 2.21 bits per heavy atom. The number of rotatable bonds is 4. The van der Waals surface area contributed by atoms with Crippen molar-refractivity contribution in [3.8, 4) is 11.4 Å². The first-order valence-electron chi connectivity index (χ1n) is 10.4. The predicted octanol–water partition coefficient (Wildman–Crippen LogP) is 3.94. The number of carbonyl (C=O) groups excluding carboxylic acids is 1. The highest BCUT2D eigenvalue weighted by molar-refractivity contribution is 5.81. The van der Waals surface area contributed by atoms with E-state index < -0.39 is 0 Å². The molecule has 28 heavy (non-hydrogen) atoms. The smallest absolute Gasteiger partial charge is 0.225 e. The Morgan fingerprint density at radius 2 is 1.64 bits per heavy atom. The topological polar surface area (TPSA) is 49.3 Å². The minimum absolute atomic E-state index is 0.298. The lowest BCUT2D eigenvalue weighted by Crippen LogP contribution is -2.49. The van der Waals surface area contributed by atoms with Gasteiger partial charge in [-0.25, -0.2) is 9.97 Å². The summed E-state index contributed by atoms with van der Waals surface area (Å²) in [5, 5.41) is 0. The summed E-state index contributed by atoms with van der Waals surface area (Å²) in [7, 11) is 0. The number of carbonyl (C=O) groups is 1. The van der Waals surface area contributed by atoms with Crippen molar-refractivity contribution in [2.45, 2.75) is 46.5 Å². The maximum atomic E-state index is 12.4. The molecular weight excluding hydrogens is 348 g/mol. The van der Waals surface area contributed by atoms with Gasteiger partial charge in [-0.15, -0.1) is 0 Å². The summed E-state index contributed by atoms with van der Waals surface area (Å²) in [5.74, 6) is 2.83. The van der Waals surface area contributed by atoms with Crippen LogP contribution in [0.4, 0.5) is 5.82 Å². The Kier molecular flexibility index (Phi) is 5.09. The van der Waals surface area contributed by atoms with E-state index in [2.05, 4.69) is 56.9 Å². The van der Waals surface area contributed by atoms with Crippen molar-refractivity contribution in [1.29, 1.82) is 0 Å². The summed E-state index contributed by atoms with van der Waals surface area (Å²) in [6.07, 6.45) is 2.14. The number of hydrogen-bond donors (Lipinski definition) is 0. The normalized spacial score (nSPS) is 17.3. The average Bonchev–Trinajstić information content (AvgIpc) is 3.52. The van der Waals surface area contributed by atoms with Gasteiger partial charge in [-0.3, -0.25) is 4.79 Å². The van der Waals surface area contributed by atoms with Crippen LogP contribution in [0.3, 0.4) is 0 Å². The Labute approximate surface area is 167 Å². The molecule has 1 amide bonds. The van der Waals surface area contributed by atoms with Crippen molar-refractivity contribution in [2.24, 2.45) is 5.92 Å². The van der Waals surface area contributed by atoms with E-state index in [1.807, 2.05) is 4.90 Å². The summed E-state index contributed by atoms with van der Waals surface area (Å²) in [5.41, 5.74) is 4.55. The number of aryl methyl sites for hydroxylation is 2. The minimum Gasteiger partial charge on any atom is -0.353 e. The molecule has 1 saturated heterocycles. The van der Waals surface area contributed by atoms with Gasteiger partial charge in [-0.1, -0.05) is 43.7 Å². The first-order valence-corrected chi connectivity index (χ1v) is 10.4. The summed E-state index contributed by atoms with van der Waals surface area (Å²) in [4.78, 5) is 26.6. The summed E-state index contributed by atoms with van der Waals surface area (Å²) < 4.78 is 0. The third-order valence-corrected chi connectivity index (χ3v) is 5.82. The van der Waals surface area contributed by atoms with E-state index in [1.54, 1.807) is 0 Å². The second-order valence-corrected chi connectivity index (χ2v) is 8.48. The van der Waals surface area contributed by atoms with Crippen LogP contribution in [-0.2, 0) is 4.79 Å². The van der Waals surface area contributed by atoms with Crippen LogP contribution < -0.4 is 4.90 Å². The number of aromatic nitrogens is 2. The molecule has 0 unspecified atom stereocenters. The van der Waals surface area contributed by atoms with Gasteiger partial charge >= 0.3 is 0 Å². The zero-order valence-corrected chi connectivity index (χ0v) is 17.4. The van der Waals surface area contributed by atoms with Gasteiger partial charge in [0.15, 0.2) is 5.82 Å². The van der Waals surface area contributed by atoms with Gasteiger partial charge in [0.05, 0.1) is 0 Å².